The molecule has 4 heteroatoms. The van der Waals surface area contributed by atoms with Crippen LogP contribution in [0.1, 0.15) is 15.9 Å². The molecule has 0 atom stereocenters. The van der Waals surface area contributed by atoms with E-state index in [0.29, 0.717) is 12.1 Å². The first kappa shape index (κ1) is 15.2. The van der Waals surface area contributed by atoms with Crippen LogP contribution < -0.4 is 5.32 Å². The molecule has 1 N–H and O–H groups in total. The van der Waals surface area contributed by atoms with Gasteiger partial charge in [0.15, 0.2) is 0 Å². The van der Waals surface area contributed by atoms with Crippen molar-refractivity contribution in [2.75, 3.05) is 27.2 Å². The maximum Gasteiger partial charge on any atom is 0.255 e. The Labute approximate surface area is 125 Å². The molecule has 110 valence electrons. The Kier molecular flexibility index (Phi) is 5.06. The minimum Gasteiger partial charge on any atom is -0.340 e. The van der Waals surface area contributed by atoms with Crippen LogP contribution in [0.4, 0.5) is 0 Å². The molecule has 21 heavy (non-hydrogen) atoms. The Morgan fingerprint density at radius 2 is 1.90 bits per heavy atom. The summed E-state index contributed by atoms with van der Waals surface area (Å²) in [6.07, 6.45) is 3.41. The van der Waals surface area contributed by atoms with Crippen molar-refractivity contribution in [3.05, 3.63) is 53.9 Å². The Morgan fingerprint density at radius 3 is 2.57 bits per heavy atom. The van der Waals surface area contributed by atoms with E-state index in [4.69, 9.17) is 0 Å². The highest BCUT2D eigenvalue weighted by atomic mass is 16.2. The number of hydrogen-bond donors (Lipinski definition) is 1. The summed E-state index contributed by atoms with van der Waals surface area (Å²) in [4.78, 5) is 18.3. The standard InChI is InChI=1S/C17H21N3O/c1-13-4-6-14(7-5-13)15-10-16(12-19-11-15)17(21)20(3)9-8-18-2/h4-7,10-12,18H,8-9H2,1-3H3. The molecule has 4 nitrogen and oxygen atoms in total. The van der Waals surface area contributed by atoms with Gasteiger partial charge in [-0.1, -0.05) is 29.8 Å². The van der Waals surface area contributed by atoms with E-state index >= 15 is 0 Å². The Bertz CT molecular complexity index is 608. The van der Waals surface area contributed by atoms with E-state index in [0.717, 1.165) is 17.7 Å². The van der Waals surface area contributed by atoms with Gasteiger partial charge in [0.05, 0.1) is 5.56 Å². The quantitative estimate of drug-likeness (QED) is 0.916. The first-order valence-electron chi connectivity index (χ1n) is 7.04. The van der Waals surface area contributed by atoms with E-state index in [2.05, 4.69) is 29.4 Å². The zero-order chi connectivity index (χ0) is 15.2. The summed E-state index contributed by atoms with van der Waals surface area (Å²) in [5.74, 6) is -0.00767. The van der Waals surface area contributed by atoms with Gasteiger partial charge in [-0.05, 0) is 25.6 Å². The number of aryl methyl sites for hydroxylation is 1. The van der Waals surface area contributed by atoms with Crippen molar-refractivity contribution in [3.63, 3.8) is 0 Å². The van der Waals surface area contributed by atoms with Gasteiger partial charge in [0.2, 0.25) is 0 Å². The maximum absolute atomic E-state index is 12.3. The Morgan fingerprint density at radius 1 is 1.19 bits per heavy atom. The average Bonchev–Trinajstić information content (AvgIpc) is 2.52. The number of pyridine rings is 1. The van der Waals surface area contributed by atoms with Gasteiger partial charge in [-0.25, -0.2) is 0 Å². The lowest BCUT2D eigenvalue weighted by Crippen LogP contribution is -2.32. The molecule has 0 spiro atoms. The summed E-state index contributed by atoms with van der Waals surface area (Å²) in [7, 11) is 3.68. The Balaban J connectivity index is 2.21. The number of rotatable bonds is 5. The van der Waals surface area contributed by atoms with E-state index < -0.39 is 0 Å². The maximum atomic E-state index is 12.3. The molecule has 1 aromatic heterocycles. The van der Waals surface area contributed by atoms with E-state index in [1.807, 2.05) is 25.2 Å². The SMILES string of the molecule is CNCCN(C)C(=O)c1cncc(-c2ccc(C)cc2)c1. The fraction of sp³-hybridized carbons (Fsp3) is 0.294. The summed E-state index contributed by atoms with van der Waals surface area (Å²) in [6.45, 7) is 3.50. The van der Waals surface area contributed by atoms with E-state index in [-0.39, 0.29) is 5.91 Å². The molecule has 1 aromatic carbocycles. The molecule has 1 heterocycles. The minimum atomic E-state index is -0.00767. The van der Waals surface area contributed by atoms with Crippen LogP contribution in [0.15, 0.2) is 42.7 Å². The van der Waals surface area contributed by atoms with Gasteiger partial charge in [-0.3, -0.25) is 9.78 Å². The van der Waals surface area contributed by atoms with E-state index in [1.54, 1.807) is 24.3 Å². The van der Waals surface area contributed by atoms with Gasteiger partial charge in [0, 0.05) is 38.1 Å². The van der Waals surface area contributed by atoms with Crippen LogP contribution in [-0.4, -0.2) is 43.0 Å². The van der Waals surface area contributed by atoms with Gasteiger partial charge < -0.3 is 10.2 Å². The molecule has 0 fully saturated rings. The molecule has 0 saturated carbocycles. The molecular formula is C17H21N3O. The average molecular weight is 283 g/mol. The number of likely N-dealkylation sites (N-methyl/N-ethyl adjacent to an activating group) is 2. The summed E-state index contributed by atoms with van der Waals surface area (Å²) in [5, 5.41) is 3.04. The fourth-order valence-corrected chi connectivity index (χ4v) is 2.06. The number of carbonyl (C=O) groups excluding carboxylic acids is 1. The van der Waals surface area contributed by atoms with Crippen molar-refractivity contribution in [3.8, 4) is 11.1 Å². The lowest BCUT2D eigenvalue weighted by Gasteiger charge is -2.17. The molecule has 0 aliphatic heterocycles. The fourth-order valence-electron chi connectivity index (χ4n) is 2.06. The largest absolute Gasteiger partial charge is 0.340 e. The van der Waals surface area contributed by atoms with Crippen LogP contribution in [0.25, 0.3) is 11.1 Å². The smallest absolute Gasteiger partial charge is 0.255 e. The molecule has 0 aliphatic carbocycles. The molecular weight excluding hydrogens is 262 g/mol. The Hall–Kier alpha value is -2.20. The second-order valence-electron chi connectivity index (χ2n) is 5.16. The van der Waals surface area contributed by atoms with Crippen LogP contribution in [0.5, 0.6) is 0 Å². The van der Waals surface area contributed by atoms with Crippen molar-refractivity contribution < 1.29 is 4.79 Å². The number of hydrogen-bond acceptors (Lipinski definition) is 3. The zero-order valence-electron chi connectivity index (χ0n) is 12.8. The van der Waals surface area contributed by atoms with Gasteiger partial charge in [0.25, 0.3) is 5.91 Å². The van der Waals surface area contributed by atoms with E-state index in [1.165, 1.54) is 5.56 Å². The summed E-state index contributed by atoms with van der Waals surface area (Å²) >= 11 is 0. The molecule has 0 radical (unpaired) electrons. The zero-order valence-corrected chi connectivity index (χ0v) is 12.8. The molecule has 2 rings (SSSR count). The molecule has 0 aliphatic rings. The number of carbonyl (C=O) groups is 1. The number of aromatic nitrogens is 1. The summed E-state index contributed by atoms with van der Waals surface area (Å²) < 4.78 is 0. The lowest BCUT2D eigenvalue weighted by atomic mass is 10.0. The first-order valence-corrected chi connectivity index (χ1v) is 7.04. The molecule has 2 aromatic rings. The second kappa shape index (κ2) is 6.99. The highest BCUT2D eigenvalue weighted by molar-refractivity contribution is 5.94. The minimum absolute atomic E-state index is 0.00767. The van der Waals surface area contributed by atoms with Crippen LogP contribution in [0.2, 0.25) is 0 Å². The number of nitrogens with zero attached hydrogens (tertiary/aromatic N) is 2. The summed E-state index contributed by atoms with van der Waals surface area (Å²) in [6, 6.07) is 10.1. The second-order valence-corrected chi connectivity index (χ2v) is 5.16. The highest BCUT2D eigenvalue weighted by Crippen LogP contribution is 2.20. The van der Waals surface area contributed by atoms with Crippen molar-refractivity contribution in [2.24, 2.45) is 0 Å². The number of benzene rings is 1. The van der Waals surface area contributed by atoms with Crippen LogP contribution in [-0.2, 0) is 0 Å². The van der Waals surface area contributed by atoms with Gasteiger partial charge >= 0.3 is 0 Å². The predicted molar refractivity (Wildman–Crippen MR) is 85.3 cm³/mol. The van der Waals surface area contributed by atoms with Crippen molar-refractivity contribution in [1.82, 2.24) is 15.2 Å². The topological polar surface area (TPSA) is 45.2 Å². The van der Waals surface area contributed by atoms with Crippen molar-refractivity contribution >= 4 is 5.91 Å². The van der Waals surface area contributed by atoms with Crippen LogP contribution in [0, 0.1) is 6.92 Å². The van der Waals surface area contributed by atoms with Gasteiger partial charge in [-0.2, -0.15) is 0 Å². The third-order valence-corrected chi connectivity index (χ3v) is 3.41. The molecule has 0 saturated heterocycles. The molecule has 0 unspecified atom stereocenters. The van der Waals surface area contributed by atoms with Crippen molar-refractivity contribution in [2.45, 2.75) is 6.92 Å². The third-order valence-electron chi connectivity index (χ3n) is 3.41. The monoisotopic (exact) mass is 283 g/mol. The van der Waals surface area contributed by atoms with Crippen LogP contribution >= 0.6 is 0 Å². The van der Waals surface area contributed by atoms with Gasteiger partial charge in [-0.15, -0.1) is 0 Å². The first-order chi connectivity index (χ1) is 10.1. The third kappa shape index (κ3) is 3.89. The highest BCUT2D eigenvalue weighted by Gasteiger charge is 2.12. The normalized spacial score (nSPS) is 10.4. The number of amides is 1. The molecule has 0 bridgehead atoms. The molecule has 1 amide bonds. The van der Waals surface area contributed by atoms with Gasteiger partial charge in [0.1, 0.15) is 0 Å². The lowest BCUT2D eigenvalue weighted by molar-refractivity contribution is 0.0796. The van der Waals surface area contributed by atoms with Crippen LogP contribution in [0.3, 0.4) is 0 Å². The predicted octanol–water partition coefficient (Wildman–Crippen LogP) is 2.35. The van der Waals surface area contributed by atoms with E-state index in [9.17, 15) is 4.79 Å². The number of nitrogens with one attached hydrogen (secondary N) is 1. The van der Waals surface area contributed by atoms with Crippen molar-refractivity contribution in [1.29, 1.82) is 0 Å². The summed E-state index contributed by atoms with van der Waals surface area (Å²) in [5.41, 5.74) is 3.86.